The zero-order valence-corrected chi connectivity index (χ0v) is 16.7. The normalized spacial score (nSPS) is 11.3. The van der Waals surface area contributed by atoms with Gasteiger partial charge in [0.1, 0.15) is 0 Å². The predicted molar refractivity (Wildman–Crippen MR) is 111 cm³/mol. The molecule has 8 heteroatoms. The molecule has 6 nitrogen and oxygen atoms in total. The number of rotatable bonds is 4. The smallest absolute Gasteiger partial charge is 0.291 e. The summed E-state index contributed by atoms with van der Waals surface area (Å²) in [6.45, 7) is 1.79. The van der Waals surface area contributed by atoms with E-state index in [2.05, 4.69) is 36.2 Å². The topological polar surface area (TPSA) is 75.4 Å². The Kier molecular flexibility index (Phi) is 4.83. The highest BCUT2D eigenvalue weighted by atomic mass is 79.9. The Morgan fingerprint density at radius 2 is 1.81 bits per heavy atom. The summed E-state index contributed by atoms with van der Waals surface area (Å²) in [7, 11) is 0. The van der Waals surface area contributed by atoms with Crippen molar-refractivity contribution >= 4 is 38.6 Å². The lowest BCUT2D eigenvalue weighted by Crippen LogP contribution is -2.13. The highest BCUT2D eigenvalue weighted by Gasteiger charge is 2.15. The van der Waals surface area contributed by atoms with Crippen LogP contribution in [0.2, 0.25) is 0 Å². The van der Waals surface area contributed by atoms with E-state index in [0.29, 0.717) is 16.5 Å². The van der Waals surface area contributed by atoms with Gasteiger partial charge in [-0.3, -0.25) is 9.89 Å². The van der Waals surface area contributed by atoms with Crippen LogP contribution in [-0.4, -0.2) is 14.8 Å². The van der Waals surface area contributed by atoms with Crippen LogP contribution >= 0.6 is 27.3 Å². The van der Waals surface area contributed by atoms with Gasteiger partial charge in [-0.25, -0.2) is 4.98 Å². The van der Waals surface area contributed by atoms with Gasteiger partial charge in [0.15, 0.2) is 5.69 Å². The standard InChI is InChI=1S/C19H14BrN5OS/c1-12-17(23-22-15-5-3-2-4-6-15)18(26)25(24-12)19-21-16(11-27-19)13-7-9-14(20)10-8-13/h2-11,24H,1H3. The third-order valence-electron chi connectivity index (χ3n) is 3.89. The highest BCUT2D eigenvalue weighted by Crippen LogP contribution is 2.26. The molecule has 0 aliphatic carbocycles. The van der Waals surface area contributed by atoms with Crippen molar-refractivity contribution in [1.82, 2.24) is 14.8 Å². The summed E-state index contributed by atoms with van der Waals surface area (Å²) < 4.78 is 2.41. The van der Waals surface area contributed by atoms with Crippen molar-refractivity contribution < 1.29 is 0 Å². The van der Waals surface area contributed by atoms with Gasteiger partial charge in [0.2, 0.25) is 5.13 Å². The van der Waals surface area contributed by atoms with Gasteiger partial charge in [0, 0.05) is 15.4 Å². The van der Waals surface area contributed by atoms with E-state index in [0.717, 1.165) is 15.7 Å². The summed E-state index contributed by atoms with van der Waals surface area (Å²) in [4.78, 5) is 17.3. The summed E-state index contributed by atoms with van der Waals surface area (Å²) in [6, 6.07) is 17.2. The van der Waals surface area contributed by atoms with E-state index in [4.69, 9.17) is 0 Å². The fraction of sp³-hybridized carbons (Fsp3) is 0.0526. The maximum atomic E-state index is 12.7. The Labute approximate surface area is 167 Å². The number of thiazole rings is 1. The molecule has 0 aliphatic heterocycles. The second-order valence-electron chi connectivity index (χ2n) is 5.78. The van der Waals surface area contributed by atoms with Gasteiger partial charge in [-0.1, -0.05) is 46.3 Å². The third-order valence-corrected chi connectivity index (χ3v) is 5.24. The number of hydrogen-bond donors (Lipinski definition) is 1. The van der Waals surface area contributed by atoms with Gasteiger partial charge in [0.05, 0.1) is 17.1 Å². The minimum atomic E-state index is -0.274. The van der Waals surface area contributed by atoms with Crippen LogP contribution in [0.25, 0.3) is 16.4 Å². The lowest BCUT2D eigenvalue weighted by atomic mass is 10.2. The van der Waals surface area contributed by atoms with Crippen molar-refractivity contribution in [2.45, 2.75) is 6.92 Å². The molecular formula is C19H14BrN5OS. The van der Waals surface area contributed by atoms with E-state index in [1.807, 2.05) is 60.0 Å². The molecular weight excluding hydrogens is 426 g/mol. The Morgan fingerprint density at radius 1 is 1.07 bits per heavy atom. The Hall–Kier alpha value is -2.84. The lowest BCUT2D eigenvalue weighted by molar-refractivity contribution is 0.827. The highest BCUT2D eigenvalue weighted by molar-refractivity contribution is 9.10. The van der Waals surface area contributed by atoms with Crippen LogP contribution in [0.5, 0.6) is 0 Å². The number of halogens is 1. The average Bonchev–Trinajstić information content (AvgIpc) is 3.27. The van der Waals surface area contributed by atoms with Gasteiger partial charge < -0.3 is 0 Å². The average molecular weight is 440 g/mol. The van der Waals surface area contributed by atoms with Crippen molar-refractivity contribution in [3.63, 3.8) is 0 Å². The summed E-state index contributed by atoms with van der Waals surface area (Å²) in [5, 5.41) is 13.8. The number of benzene rings is 2. The van der Waals surface area contributed by atoms with E-state index in [1.165, 1.54) is 16.0 Å². The molecule has 0 atom stereocenters. The second kappa shape index (κ2) is 7.42. The zero-order valence-electron chi connectivity index (χ0n) is 14.3. The molecule has 2 heterocycles. The van der Waals surface area contributed by atoms with E-state index in [-0.39, 0.29) is 11.2 Å². The van der Waals surface area contributed by atoms with Crippen LogP contribution in [0.4, 0.5) is 11.4 Å². The van der Waals surface area contributed by atoms with Crippen molar-refractivity contribution in [3.8, 4) is 16.4 Å². The molecule has 1 N–H and O–H groups in total. The SMILES string of the molecule is Cc1[nH]n(-c2nc(-c3ccc(Br)cc3)cs2)c(=O)c1N=Nc1ccccc1. The summed E-state index contributed by atoms with van der Waals surface area (Å²) in [5.41, 5.74) is 3.13. The number of hydrogen-bond acceptors (Lipinski definition) is 5. The first-order valence-electron chi connectivity index (χ1n) is 8.12. The molecule has 2 aromatic heterocycles. The molecule has 134 valence electrons. The van der Waals surface area contributed by atoms with Crippen molar-refractivity contribution in [3.05, 3.63) is 80.5 Å². The number of nitrogens with zero attached hydrogens (tertiary/aromatic N) is 4. The predicted octanol–water partition coefficient (Wildman–Crippen LogP) is 5.78. The molecule has 0 bridgehead atoms. The van der Waals surface area contributed by atoms with E-state index in [9.17, 15) is 4.79 Å². The van der Waals surface area contributed by atoms with Crippen LogP contribution in [-0.2, 0) is 0 Å². The summed E-state index contributed by atoms with van der Waals surface area (Å²) in [6.07, 6.45) is 0. The monoisotopic (exact) mass is 439 g/mol. The Balaban J connectivity index is 1.67. The maximum absolute atomic E-state index is 12.7. The number of nitrogens with one attached hydrogen (secondary N) is 1. The first-order valence-corrected chi connectivity index (χ1v) is 9.79. The van der Waals surface area contributed by atoms with Gasteiger partial charge in [-0.2, -0.15) is 9.80 Å². The van der Waals surface area contributed by atoms with Crippen molar-refractivity contribution in [1.29, 1.82) is 0 Å². The molecule has 0 amide bonds. The van der Waals surface area contributed by atoms with E-state index >= 15 is 0 Å². The number of aromatic amines is 1. The third kappa shape index (κ3) is 3.67. The molecule has 0 unspecified atom stereocenters. The molecule has 2 aromatic carbocycles. The van der Waals surface area contributed by atoms with Crippen molar-refractivity contribution in [2.24, 2.45) is 10.2 Å². The maximum Gasteiger partial charge on any atom is 0.301 e. The van der Waals surface area contributed by atoms with Crippen molar-refractivity contribution in [2.75, 3.05) is 0 Å². The fourth-order valence-corrected chi connectivity index (χ4v) is 3.57. The van der Waals surface area contributed by atoms with Gasteiger partial charge in [-0.05, 0) is 31.2 Å². The minimum absolute atomic E-state index is 0.274. The minimum Gasteiger partial charge on any atom is -0.291 e. The molecule has 4 aromatic rings. The van der Waals surface area contributed by atoms with Crippen LogP contribution in [0.1, 0.15) is 5.69 Å². The molecule has 27 heavy (non-hydrogen) atoms. The molecule has 0 saturated carbocycles. The second-order valence-corrected chi connectivity index (χ2v) is 7.54. The Bertz CT molecular complexity index is 1160. The van der Waals surface area contributed by atoms with Gasteiger partial charge in [-0.15, -0.1) is 16.5 Å². The molecule has 0 fully saturated rings. The zero-order chi connectivity index (χ0) is 18.8. The number of aromatic nitrogens is 3. The molecule has 0 radical (unpaired) electrons. The lowest BCUT2D eigenvalue weighted by Gasteiger charge is -1.97. The van der Waals surface area contributed by atoms with Gasteiger partial charge in [0.25, 0.3) is 0 Å². The van der Waals surface area contributed by atoms with E-state index in [1.54, 1.807) is 6.92 Å². The first kappa shape index (κ1) is 17.6. The molecule has 0 spiro atoms. The number of H-pyrrole nitrogens is 1. The van der Waals surface area contributed by atoms with Crippen LogP contribution in [0.3, 0.4) is 0 Å². The first-order chi connectivity index (χ1) is 13.1. The van der Waals surface area contributed by atoms with Crippen LogP contribution < -0.4 is 5.56 Å². The molecule has 0 aliphatic rings. The number of azo groups is 1. The molecule has 4 rings (SSSR count). The number of aryl methyl sites for hydroxylation is 1. The van der Waals surface area contributed by atoms with Crippen LogP contribution in [0.15, 0.2) is 79.5 Å². The largest absolute Gasteiger partial charge is 0.301 e. The fourth-order valence-electron chi connectivity index (χ4n) is 2.51. The molecule has 0 saturated heterocycles. The quantitative estimate of drug-likeness (QED) is 0.409. The van der Waals surface area contributed by atoms with Crippen LogP contribution in [0, 0.1) is 6.92 Å². The summed E-state index contributed by atoms with van der Waals surface area (Å²) in [5.74, 6) is 0. The van der Waals surface area contributed by atoms with Gasteiger partial charge >= 0.3 is 5.56 Å². The summed E-state index contributed by atoms with van der Waals surface area (Å²) >= 11 is 4.81. The van der Waals surface area contributed by atoms with E-state index < -0.39 is 0 Å². The Morgan fingerprint density at radius 3 is 2.56 bits per heavy atom.